The molecular weight excluding hydrogens is 200 g/mol. The summed E-state index contributed by atoms with van der Waals surface area (Å²) < 4.78 is 7.84. The molecule has 0 aliphatic carbocycles. The van der Waals surface area contributed by atoms with Gasteiger partial charge in [0, 0.05) is 18.0 Å². The number of hydrogen-bond acceptors (Lipinski definition) is 2. The predicted octanol–water partition coefficient (Wildman–Crippen LogP) is 2.66. The van der Waals surface area contributed by atoms with E-state index in [2.05, 4.69) is 17.1 Å². The fourth-order valence-corrected chi connectivity index (χ4v) is 1.93. The van der Waals surface area contributed by atoms with Crippen molar-refractivity contribution in [1.82, 2.24) is 9.55 Å². The summed E-state index contributed by atoms with van der Waals surface area (Å²) in [6, 6.07) is 8.05. The number of ether oxygens (including phenoxy) is 1. The van der Waals surface area contributed by atoms with Gasteiger partial charge in [-0.05, 0) is 19.1 Å². The second-order valence-electron chi connectivity index (χ2n) is 3.84. The molecule has 0 bridgehead atoms. The van der Waals surface area contributed by atoms with Crippen LogP contribution in [0.2, 0.25) is 0 Å². The minimum Gasteiger partial charge on any atom is -0.484 e. The zero-order chi connectivity index (χ0) is 11.0. The SMILES string of the molecule is CC1Oc2ccccc2C=C1n1ccnc1. The van der Waals surface area contributed by atoms with E-state index in [9.17, 15) is 0 Å². The third kappa shape index (κ3) is 1.41. The fourth-order valence-electron chi connectivity index (χ4n) is 1.93. The minimum atomic E-state index is 0.0455. The Bertz CT molecular complexity index is 529. The summed E-state index contributed by atoms with van der Waals surface area (Å²) in [5.74, 6) is 0.943. The highest BCUT2D eigenvalue weighted by Gasteiger charge is 2.19. The van der Waals surface area contributed by atoms with E-state index in [4.69, 9.17) is 4.74 Å². The van der Waals surface area contributed by atoms with Crippen molar-refractivity contribution in [3.63, 3.8) is 0 Å². The van der Waals surface area contributed by atoms with Crippen molar-refractivity contribution in [2.45, 2.75) is 13.0 Å². The van der Waals surface area contributed by atoms with Gasteiger partial charge in [-0.2, -0.15) is 0 Å². The van der Waals surface area contributed by atoms with Crippen LogP contribution in [0.3, 0.4) is 0 Å². The van der Waals surface area contributed by atoms with Crippen LogP contribution in [0.25, 0.3) is 11.8 Å². The first-order valence-corrected chi connectivity index (χ1v) is 5.30. The molecule has 0 saturated carbocycles. The van der Waals surface area contributed by atoms with E-state index >= 15 is 0 Å². The molecule has 0 amide bonds. The molecule has 0 radical (unpaired) electrons. The number of para-hydroxylation sites is 1. The highest BCUT2D eigenvalue weighted by Crippen LogP contribution is 2.30. The van der Waals surface area contributed by atoms with E-state index in [-0.39, 0.29) is 6.10 Å². The standard InChI is InChI=1S/C13H12N2O/c1-10-12(15-7-6-14-9-15)8-11-4-2-3-5-13(11)16-10/h2-10H,1H3. The molecule has 0 N–H and O–H groups in total. The maximum atomic E-state index is 5.85. The van der Waals surface area contributed by atoms with Gasteiger partial charge in [0.2, 0.25) is 0 Å². The van der Waals surface area contributed by atoms with Crippen molar-refractivity contribution < 1.29 is 4.74 Å². The molecule has 1 atom stereocenters. The van der Waals surface area contributed by atoms with Crippen LogP contribution in [0.4, 0.5) is 0 Å². The molecule has 16 heavy (non-hydrogen) atoms. The summed E-state index contributed by atoms with van der Waals surface area (Å²) in [6.45, 7) is 2.04. The molecule has 3 heteroatoms. The highest BCUT2D eigenvalue weighted by molar-refractivity contribution is 5.78. The molecule has 0 fully saturated rings. The lowest BCUT2D eigenvalue weighted by Crippen LogP contribution is -2.20. The van der Waals surface area contributed by atoms with Crippen molar-refractivity contribution in [2.75, 3.05) is 0 Å². The van der Waals surface area contributed by atoms with Gasteiger partial charge in [-0.1, -0.05) is 18.2 Å². The Balaban J connectivity index is 2.11. The Kier molecular flexibility index (Phi) is 2.03. The number of hydrogen-bond donors (Lipinski definition) is 0. The quantitative estimate of drug-likeness (QED) is 0.726. The third-order valence-electron chi connectivity index (χ3n) is 2.75. The number of rotatable bonds is 1. The summed E-state index contributed by atoms with van der Waals surface area (Å²) in [5.41, 5.74) is 2.22. The molecule has 0 spiro atoms. The smallest absolute Gasteiger partial charge is 0.136 e. The van der Waals surface area contributed by atoms with Crippen molar-refractivity contribution in [3.8, 4) is 5.75 Å². The zero-order valence-corrected chi connectivity index (χ0v) is 9.00. The molecule has 2 heterocycles. The van der Waals surface area contributed by atoms with Gasteiger partial charge in [-0.25, -0.2) is 4.98 Å². The van der Waals surface area contributed by atoms with Gasteiger partial charge in [0.1, 0.15) is 11.9 Å². The summed E-state index contributed by atoms with van der Waals surface area (Å²) >= 11 is 0. The monoisotopic (exact) mass is 212 g/mol. The van der Waals surface area contributed by atoms with Gasteiger partial charge in [-0.3, -0.25) is 0 Å². The molecular formula is C13H12N2O. The largest absolute Gasteiger partial charge is 0.484 e. The second-order valence-corrected chi connectivity index (χ2v) is 3.84. The molecule has 1 aromatic heterocycles. The van der Waals surface area contributed by atoms with Crippen LogP contribution in [0.15, 0.2) is 43.0 Å². The maximum Gasteiger partial charge on any atom is 0.136 e. The van der Waals surface area contributed by atoms with Gasteiger partial charge in [0.05, 0.1) is 12.0 Å². The summed E-state index contributed by atoms with van der Waals surface area (Å²) in [4.78, 5) is 4.05. The summed E-state index contributed by atoms with van der Waals surface area (Å²) in [7, 11) is 0. The van der Waals surface area contributed by atoms with E-state index in [0.29, 0.717) is 0 Å². The van der Waals surface area contributed by atoms with Crippen molar-refractivity contribution in [1.29, 1.82) is 0 Å². The fraction of sp³-hybridized carbons (Fsp3) is 0.154. The average molecular weight is 212 g/mol. The Morgan fingerprint density at radius 3 is 3.00 bits per heavy atom. The van der Waals surface area contributed by atoms with E-state index in [0.717, 1.165) is 17.0 Å². The second kappa shape index (κ2) is 3.52. The molecule has 3 rings (SSSR count). The average Bonchev–Trinajstić information content (AvgIpc) is 2.81. The Labute approximate surface area is 94.0 Å². The van der Waals surface area contributed by atoms with Crippen LogP contribution in [-0.2, 0) is 0 Å². The van der Waals surface area contributed by atoms with Crippen LogP contribution in [-0.4, -0.2) is 15.7 Å². The molecule has 1 aromatic carbocycles. The molecule has 3 nitrogen and oxygen atoms in total. The minimum absolute atomic E-state index is 0.0455. The summed E-state index contributed by atoms with van der Waals surface area (Å²) in [6.07, 6.45) is 7.68. The lowest BCUT2D eigenvalue weighted by atomic mass is 10.1. The van der Waals surface area contributed by atoms with Gasteiger partial charge in [-0.15, -0.1) is 0 Å². The number of nitrogens with zero attached hydrogens (tertiary/aromatic N) is 2. The number of benzene rings is 1. The normalized spacial score (nSPS) is 18.6. The lowest BCUT2D eigenvalue weighted by molar-refractivity contribution is 0.268. The van der Waals surface area contributed by atoms with Gasteiger partial charge >= 0.3 is 0 Å². The van der Waals surface area contributed by atoms with Crippen LogP contribution in [0, 0.1) is 0 Å². The van der Waals surface area contributed by atoms with Crippen molar-refractivity contribution >= 4 is 11.8 Å². The van der Waals surface area contributed by atoms with Gasteiger partial charge < -0.3 is 9.30 Å². The first-order chi connectivity index (χ1) is 7.84. The molecule has 1 unspecified atom stereocenters. The first kappa shape index (κ1) is 9.21. The molecule has 1 aliphatic rings. The Morgan fingerprint density at radius 1 is 1.31 bits per heavy atom. The van der Waals surface area contributed by atoms with E-state index in [1.165, 1.54) is 0 Å². The van der Waals surface area contributed by atoms with Crippen LogP contribution in [0.1, 0.15) is 12.5 Å². The Hall–Kier alpha value is -2.03. The first-order valence-electron chi connectivity index (χ1n) is 5.30. The van der Waals surface area contributed by atoms with E-state index < -0.39 is 0 Å². The number of imidazole rings is 1. The molecule has 0 saturated heterocycles. The van der Waals surface area contributed by atoms with Crippen molar-refractivity contribution in [3.05, 3.63) is 48.5 Å². The predicted molar refractivity (Wildman–Crippen MR) is 62.9 cm³/mol. The summed E-state index contributed by atoms with van der Waals surface area (Å²) in [5, 5.41) is 0. The topological polar surface area (TPSA) is 27.1 Å². The lowest BCUT2D eigenvalue weighted by Gasteiger charge is -2.24. The van der Waals surface area contributed by atoms with Crippen molar-refractivity contribution in [2.24, 2.45) is 0 Å². The van der Waals surface area contributed by atoms with Crippen LogP contribution < -0.4 is 4.74 Å². The van der Waals surface area contributed by atoms with E-state index in [1.807, 2.05) is 35.9 Å². The third-order valence-corrected chi connectivity index (χ3v) is 2.75. The van der Waals surface area contributed by atoms with Crippen LogP contribution >= 0.6 is 0 Å². The maximum absolute atomic E-state index is 5.85. The number of aromatic nitrogens is 2. The molecule has 1 aliphatic heterocycles. The van der Waals surface area contributed by atoms with Crippen LogP contribution in [0.5, 0.6) is 5.75 Å². The molecule has 2 aromatic rings. The zero-order valence-electron chi connectivity index (χ0n) is 9.00. The Morgan fingerprint density at radius 2 is 2.19 bits per heavy atom. The van der Waals surface area contributed by atoms with Gasteiger partial charge in [0.25, 0.3) is 0 Å². The number of fused-ring (bicyclic) bond motifs is 1. The van der Waals surface area contributed by atoms with Gasteiger partial charge in [0.15, 0.2) is 0 Å². The highest BCUT2D eigenvalue weighted by atomic mass is 16.5. The molecule has 80 valence electrons. The van der Waals surface area contributed by atoms with E-state index in [1.54, 1.807) is 12.5 Å².